The Kier molecular flexibility index (Phi) is 7.71. The van der Waals surface area contributed by atoms with Gasteiger partial charge in [-0.1, -0.05) is 37.3 Å². The SMILES string of the molecule is CCCN(NC(=O)c1ccc(CNC(=O)c2cc3ccccc3s2)cc1)C(=O)OC(C)(C)C. The van der Waals surface area contributed by atoms with Gasteiger partial charge in [0.15, 0.2) is 0 Å². The highest BCUT2D eigenvalue weighted by atomic mass is 32.1. The van der Waals surface area contributed by atoms with Crippen LogP contribution in [0.25, 0.3) is 10.1 Å². The number of rotatable bonds is 6. The first-order valence-corrected chi connectivity index (χ1v) is 11.6. The molecule has 2 N–H and O–H groups in total. The maximum Gasteiger partial charge on any atom is 0.429 e. The van der Waals surface area contributed by atoms with Crippen LogP contribution in [0.4, 0.5) is 4.79 Å². The summed E-state index contributed by atoms with van der Waals surface area (Å²) in [4.78, 5) is 38.1. The van der Waals surface area contributed by atoms with Crippen LogP contribution in [0.5, 0.6) is 0 Å². The second-order valence-corrected chi connectivity index (χ2v) is 9.68. The number of nitrogens with one attached hydrogen (secondary N) is 2. The zero-order chi connectivity index (χ0) is 24.0. The summed E-state index contributed by atoms with van der Waals surface area (Å²) in [6.45, 7) is 7.90. The van der Waals surface area contributed by atoms with Gasteiger partial charge in [-0.15, -0.1) is 11.3 Å². The van der Waals surface area contributed by atoms with E-state index in [9.17, 15) is 14.4 Å². The summed E-state index contributed by atoms with van der Waals surface area (Å²) < 4.78 is 6.42. The van der Waals surface area contributed by atoms with E-state index in [1.54, 1.807) is 45.0 Å². The number of hydrogen-bond donors (Lipinski definition) is 2. The van der Waals surface area contributed by atoms with Crippen molar-refractivity contribution in [2.75, 3.05) is 6.54 Å². The second-order valence-electron chi connectivity index (χ2n) is 8.60. The first-order chi connectivity index (χ1) is 15.7. The van der Waals surface area contributed by atoms with Crippen LogP contribution >= 0.6 is 11.3 Å². The molecule has 0 spiro atoms. The highest BCUT2D eigenvalue weighted by molar-refractivity contribution is 7.20. The number of ether oxygens (including phenoxy) is 1. The predicted octanol–water partition coefficient (Wildman–Crippen LogP) is 5.12. The Balaban J connectivity index is 1.57. The molecule has 0 radical (unpaired) electrons. The Bertz CT molecular complexity index is 1100. The molecule has 3 aromatic rings. The number of carbonyl (C=O) groups is 3. The fourth-order valence-electron chi connectivity index (χ4n) is 3.06. The lowest BCUT2D eigenvalue weighted by molar-refractivity contribution is 0.0133. The van der Waals surface area contributed by atoms with E-state index < -0.39 is 17.6 Å². The second kappa shape index (κ2) is 10.5. The number of hydrazine groups is 1. The number of nitrogens with zero attached hydrogens (tertiary/aromatic N) is 1. The Morgan fingerprint density at radius 1 is 1.00 bits per heavy atom. The standard InChI is InChI=1S/C25H29N3O4S/c1-5-14-28(24(31)32-25(2,3)4)27-22(29)18-12-10-17(11-13-18)16-26-23(30)21-15-19-8-6-7-9-20(19)33-21/h6-13,15H,5,14,16H2,1-4H3,(H,26,30)(H,27,29). The Morgan fingerprint density at radius 2 is 1.70 bits per heavy atom. The lowest BCUT2D eigenvalue weighted by atomic mass is 10.1. The summed E-state index contributed by atoms with van der Waals surface area (Å²) in [5, 5.41) is 5.15. The van der Waals surface area contributed by atoms with E-state index in [0.29, 0.717) is 30.0 Å². The number of carbonyl (C=O) groups excluding carboxylic acids is 3. The minimum atomic E-state index is -0.657. The van der Waals surface area contributed by atoms with Gasteiger partial charge in [-0.3, -0.25) is 15.0 Å². The summed E-state index contributed by atoms with van der Waals surface area (Å²) in [6.07, 6.45) is 0.0658. The molecule has 3 amide bonds. The lowest BCUT2D eigenvalue weighted by Crippen LogP contribution is -2.48. The van der Waals surface area contributed by atoms with E-state index in [2.05, 4.69) is 10.7 Å². The molecule has 8 heteroatoms. The van der Waals surface area contributed by atoms with E-state index in [4.69, 9.17) is 4.74 Å². The van der Waals surface area contributed by atoms with Crippen molar-refractivity contribution in [3.63, 3.8) is 0 Å². The number of benzene rings is 2. The Hall–Kier alpha value is -3.39. The van der Waals surface area contributed by atoms with Gasteiger partial charge < -0.3 is 10.1 Å². The molecular formula is C25H29N3O4S. The maximum atomic E-state index is 12.6. The Labute approximate surface area is 197 Å². The molecule has 174 valence electrons. The van der Waals surface area contributed by atoms with E-state index in [-0.39, 0.29) is 5.91 Å². The number of fused-ring (bicyclic) bond motifs is 1. The molecule has 3 rings (SSSR count). The largest absolute Gasteiger partial charge is 0.442 e. The van der Waals surface area contributed by atoms with Gasteiger partial charge in [0.05, 0.1) is 4.88 Å². The summed E-state index contributed by atoms with van der Waals surface area (Å²) in [7, 11) is 0. The third-order valence-electron chi connectivity index (χ3n) is 4.62. The van der Waals surface area contributed by atoms with Gasteiger partial charge in [-0.2, -0.15) is 0 Å². The van der Waals surface area contributed by atoms with Crippen LogP contribution in [-0.2, 0) is 11.3 Å². The Morgan fingerprint density at radius 3 is 2.33 bits per heavy atom. The average Bonchev–Trinajstić information content (AvgIpc) is 3.21. The number of amides is 3. The molecule has 0 atom stereocenters. The van der Waals surface area contributed by atoms with E-state index >= 15 is 0 Å². The molecule has 0 bridgehead atoms. The van der Waals surface area contributed by atoms with Crippen molar-refractivity contribution < 1.29 is 19.1 Å². The van der Waals surface area contributed by atoms with Crippen LogP contribution in [0.3, 0.4) is 0 Å². The highest BCUT2D eigenvalue weighted by Crippen LogP contribution is 2.25. The van der Waals surface area contributed by atoms with E-state index in [1.807, 2.05) is 37.3 Å². The minimum absolute atomic E-state index is 0.134. The van der Waals surface area contributed by atoms with Crippen molar-refractivity contribution in [3.8, 4) is 0 Å². The third-order valence-corrected chi connectivity index (χ3v) is 5.73. The van der Waals surface area contributed by atoms with Gasteiger partial charge in [0.2, 0.25) is 0 Å². The molecule has 7 nitrogen and oxygen atoms in total. The van der Waals surface area contributed by atoms with E-state index in [0.717, 1.165) is 15.6 Å². The fraction of sp³-hybridized carbons (Fsp3) is 0.320. The smallest absolute Gasteiger partial charge is 0.429 e. The molecule has 2 aromatic carbocycles. The van der Waals surface area contributed by atoms with Crippen molar-refractivity contribution in [2.45, 2.75) is 46.3 Å². The lowest BCUT2D eigenvalue weighted by Gasteiger charge is -2.27. The molecule has 0 saturated carbocycles. The van der Waals surface area contributed by atoms with Gasteiger partial charge in [0.25, 0.3) is 11.8 Å². The van der Waals surface area contributed by atoms with Crippen molar-refractivity contribution in [1.29, 1.82) is 0 Å². The summed E-state index contributed by atoms with van der Waals surface area (Å²) >= 11 is 1.45. The molecular weight excluding hydrogens is 438 g/mol. The number of hydrogen-bond acceptors (Lipinski definition) is 5. The monoisotopic (exact) mass is 467 g/mol. The highest BCUT2D eigenvalue weighted by Gasteiger charge is 2.23. The maximum absolute atomic E-state index is 12.6. The van der Waals surface area contributed by atoms with Crippen molar-refractivity contribution in [3.05, 3.63) is 70.6 Å². The van der Waals surface area contributed by atoms with Gasteiger partial charge in [-0.25, -0.2) is 9.80 Å². The summed E-state index contributed by atoms with van der Waals surface area (Å²) in [6, 6.07) is 16.6. The topological polar surface area (TPSA) is 87.7 Å². The molecule has 0 unspecified atom stereocenters. The first kappa shape index (κ1) is 24.3. The molecule has 1 heterocycles. The van der Waals surface area contributed by atoms with Gasteiger partial charge in [-0.05, 0) is 62.4 Å². The summed E-state index contributed by atoms with van der Waals surface area (Å²) in [5.74, 6) is -0.541. The summed E-state index contributed by atoms with van der Waals surface area (Å²) in [5.41, 5.74) is 3.22. The van der Waals surface area contributed by atoms with Crippen LogP contribution in [-0.4, -0.2) is 35.1 Å². The van der Waals surface area contributed by atoms with E-state index in [1.165, 1.54) is 16.3 Å². The molecule has 0 aliphatic heterocycles. The molecule has 33 heavy (non-hydrogen) atoms. The molecule has 1 aromatic heterocycles. The van der Waals surface area contributed by atoms with Crippen LogP contribution in [0, 0.1) is 0 Å². The minimum Gasteiger partial charge on any atom is -0.442 e. The van der Waals surface area contributed by atoms with Crippen LogP contribution in [0.15, 0.2) is 54.6 Å². The molecule has 0 aliphatic rings. The molecule has 0 aliphatic carbocycles. The first-order valence-electron chi connectivity index (χ1n) is 10.8. The quantitative estimate of drug-likeness (QED) is 0.493. The third kappa shape index (κ3) is 6.79. The van der Waals surface area contributed by atoms with Crippen molar-refractivity contribution in [1.82, 2.24) is 15.8 Å². The predicted molar refractivity (Wildman–Crippen MR) is 130 cm³/mol. The average molecular weight is 468 g/mol. The van der Waals surface area contributed by atoms with Gasteiger partial charge in [0.1, 0.15) is 5.60 Å². The molecule has 0 saturated heterocycles. The van der Waals surface area contributed by atoms with Gasteiger partial charge >= 0.3 is 6.09 Å². The molecule has 0 fully saturated rings. The van der Waals surface area contributed by atoms with Crippen LogP contribution < -0.4 is 10.7 Å². The number of thiophene rings is 1. The fourth-order valence-corrected chi connectivity index (χ4v) is 4.04. The zero-order valence-electron chi connectivity index (χ0n) is 19.3. The zero-order valence-corrected chi connectivity index (χ0v) is 20.1. The van der Waals surface area contributed by atoms with Crippen LogP contribution in [0.1, 0.15) is 59.7 Å². The van der Waals surface area contributed by atoms with Gasteiger partial charge in [0, 0.05) is 23.4 Å². The van der Waals surface area contributed by atoms with Crippen molar-refractivity contribution in [2.24, 2.45) is 0 Å². The van der Waals surface area contributed by atoms with Crippen LogP contribution in [0.2, 0.25) is 0 Å². The normalized spacial score (nSPS) is 11.2. The van der Waals surface area contributed by atoms with Crippen molar-refractivity contribution >= 4 is 39.3 Å².